The molecule has 12 heteroatoms. The van der Waals surface area contributed by atoms with Crippen LogP contribution in [0.3, 0.4) is 0 Å². The van der Waals surface area contributed by atoms with Crippen LogP contribution in [-0.2, 0) is 19.2 Å². The van der Waals surface area contributed by atoms with Crippen molar-refractivity contribution in [3.63, 3.8) is 0 Å². The summed E-state index contributed by atoms with van der Waals surface area (Å²) in [6.07, 6.45) is 2.22. The van der Waals surface area contributed by atoms with Gasteiger partial charge in [-0.25, -0.2) is 14.3 Å². The zero-order chi connectivity index (χ0) is 36.9. The van der Waals surface area contributed by atoms with Gasteiger partial charge < -0.3 is 14.3 Å². The van der Waals surface area contributed by atoms with E-state index in [4.69, 9.17) is 20.8 Å². The number of aromatic nitrogens is 1. The molecule has 2 aliphatic carbocycles. The van der Waals surface area contributed by atoms with E-state index in [1.807, 2.05) is 30.3 Å². The number of hydrogen-bond donors (Lipinski definition) is 1. The lowest BCUT2D eigenvalue weighted by Gasteiger charge is -2.49. The number of rotatable bonds is 5. The molecule has 1 saturated carbocycles. The minimum Gasteiger partial charge on any atom is -0.504 e. The van der Waals surface area contributed by atoms with Crippen molar-refractivity contribution < 1.29 is 37.8 Å². The fourth-order valence-electron chi connectivity index (χ4n) is 9.17. The lowest BCUT2D eigenvalue weighted by Crippen LogP contribution is -2.48. The maximum Gasteiger partial charge on any atom is 0.241 e. The van der Waals surface area contributed by atoms with Gasteiger partial charge in [0.2, 0.25) is 29.5 Å². The zero-order valence-corrected chi connectivity index (χ0v) is 29.2. The normalized spacial score (nSPS) is 26.5. The number of ether oxygens (including phenoxy) is 1. The highest BCUT2D eigenvalue weighted by Crippen LogP contribution is 2.65. The lowest BCUT2D eigenvalue weighted by atomic mass is 9.51. The number of nitrogens with zero attached hydrogens (tertiary/aromatic N) is 3. The van der Waals surface area contributed by atoms with Crippen molar-refractivity contribution in [2.75, 3.05) is 16.9 Å². The maximum absolute atomic E-state index is 14.6. The second-order valence-corrected chi connectivity index (χ2v) is 14.6. The quantitative estimate of drug-likeness (QED) is 0.146. The Hall–Kier alpha value is -5.81. The molecule has 6 unspecified atom stereocenters. The molecule has 5 aromatic rings. The molecule has 4 aliphatic rings. The standard InChI is InChI=1S/C41H31ClFN3O7/c1-41-27(38(49)46(40(41)51)22-14-17-29(43)28(42)18-22)19-26-23(34(41)25-6-5-9-32(52-2)35(25)47)15-16-24-33(26)39(50)45(37(24)48)21-12-10-20(11-13-21)36-44-30-7-3-4-8-31(30)53-36/h3-15,17-18,24,26-27,33-34,47H,16,19H2,1-2H3. The van der Waals surface area contributed by atoms with Gasteiger partial charge in [-0.1, -0.05) is 47.5 Å². The maximum atomic E-state index is 14.6. The molecule has 3 fully saturated rings. The number of amides is 4. The van der Waals surface area contributed by atoms with Crippen molar-refractivity contribution in [2.45, 2.75) is 25.7 Å². The van der Waals surface area contributed by atoms with Gasteiger partial charge in [0.25, 0.3) is 0 Å². The van der Waals surface area contributed by atoms with Crippen LogP contribution in [0.25, 0.3) is 22.6 Å². The summed E-state index contributed by atoms with van der Waals surface area (Å²) in [4.78, 5) is 64.5. The summed E-state index contributed by atoms with van der Waals surface area (Å²) in [6, 6.07) is 22.9. The smallest absolute Gasteiger partial charge is 0.241 e. The molecule has 0 radical (unpaired) electrons. The van der Waals surface area contributed by atoms with Crippen LogP contribution in [0, 0.1) is 34.9 Å². The number of fused-ring (bicyclic) bond motifs is 5. The van der Waals surface area contributed by atoms with E-state index in [9.17, 15) is 28.7 Å². The van der Waals surface area contributed by atoms with Gasteiger partial charge in [0.1, 0.15) is 11.3 Å². The lowest BCUT2D eigenvalue weighted by molar-refractivity contribution is -0.131. The molecular weight excluding hydrogens is 701 g/mol. The minimum absolute atomic E-state index is 0.101. The Kier molecular flexibility index (Phi) is 7.40. The summed E-state index contributed by atoms with van der Waals surface area (Å²) in [5, 5.41) is 11.3. The van der Waals surface area contributed by atoms with E-state index in [-0.39, 0.29) is 41.0 Å². The molecule has 2 saturated heterocycles. The van der Waals surface area contributed by atoms with Crippen LogP contribution in [0.2, 0.25) is 5.02 Å². The number of hydrogen-bond acceptors (Lipinski definition) is 8. The van der Waals surface area contributed by atoms with E-state index in [1.54, 1.807) is 49.4 Å². The highest BCUT2D eigenvalue weighted by Gasteiger charge is 2.68. The number of allylic oxidation sites excluding steroid dienone is 2. The third-order valence-electron chi connectivity index (χ3n) is 11.7. The van der Waals surface area contributed by atoms with Crippen LogP contribution in [-0.4, -0.2) is 40.8 Å². The number of para-hydroxylation sites is 3. The van der Waals surface area contributed by atoms with Crippen molar-refractivity contribution in [3.05, 3.63) is 113 Å². The highest BCUT2D eigenvalue weighted by molar-refractivity contribution is 6.32. The monoisotopic (exact) mass is 731 g/mol. The predicted molar refractivity (Wildman–Crippen MR) is 193 cm³/mol. The molecule has 9 rings (SSSR count). The van der Waals surface area contributed by atoms with Gasteiger partial charge in [-0.3, -0.25) is 24.1 Å². The summed E-state index contributed by atoms with van der Waals surface area (Å²) >= 11 is 6.10. The summed E-state index contributed by atoms with van der Waals surface area (Å²) in [5.41, 5.74) is 2.16. The van der Waals surface area contributed by atoms with Crippen molar-refractivity contribution >= 4 is 57.7 Å². The van der Waals surface area contributed by atoms with Gasteiger partial charge in [0.15, 0.2) is 17.1 Å². The van der Waals surface area contributed by atoms with Crippen LogP contribution in [0.15, 0.2) is 101 Å². The largest absolute Gasteiger partial charge is 0.504 e. The van der Waals surface area contributed by atoms with E-state index in [0.717, 1.165) is 11.0 Å². The molecule has 4 amide bonds. The molecule has 0 spiro atoms. The van der Waals surface area contributed by atoms with E-state index < -0.39 is 58.5 Å². The van der Waals surface area contributed by atoms with Crippen LogP contribution in [0.4, 0.5) is 15.8 Å². The second-order valence-electron chi connectivity index (χ2n) is 14.2. The molecule has 1 aromatic heterocycles. The first-order valence-electron chi connectivity index (χ1n) is 17.3. The third-order valence-corrected chi connectivity index (χ3v) is 12.0. The van der Waals surface area contributed by atoms with Gasteiger partial charge in [-0.2, -0.15) is 0 Å². The van der Waals surface area contributed by atoms with Gasteiger partial charge in [0, 0.05) is 17.0 Å². The number of phenols is 1. The summed E-state index contributed by atoms with van der Waals surface area (Å²) in [7, 11) is 1.42. The Morgan fingerprint density at radius 1 is 0.906 bits per heavy atom. The molecule has 6 atom stereocenters. The topological polar surface area (TPSA) is 130 Å². The number of halogens is 2. The first-order chi connectivity index (χ1) is 25.5. The Labute approximate surface area is 307 Å². The van der Waals surface area contributed by atoms with E-state index >= 15 is 0 Å². The van der Waals surface area contributed by atoms with Crippen LogP contribution >= 0.6 is 11.6 Å². The molecule has 10 nitrogen and oxygen atoms in total. The predicted octanol–water partition coefficient (Wildman–Crippen LogP) is 7.44. The molecule has 0 bridgehead atoms. The molecule has 4 aromatic carbocycles. The number of methoxy groups -OCH3 is 1. The van der Waals surface area contributed by atoms with Crippen molar-refractivity contribution in [3.8, 4) is 23.0 Å². The Balaban J connectivity index is 1.11. The average Bonchev–Trinajstić information content (AvgIpc) is 3.77. The zero-order valence-electron chi connectivity index (χ0n) is 28.5. The number of oxazole rings is 1. The Morgan fingerprint density at radius 2 is 1.66 bits per heavy atom. The number of benzene rings is 4. The molecule has 2 aliphatic heterocycles. The summed E-state index contributed by atoms with van der Waals surface area (Å²) in [6.45, 7) is 1.70. The van der Waals surface area contributed by atoms with Gasteiger partial charge >= 0.3 is 0 Å². The summed E-state index contributed by atoms with van der Waals surface area (Å²) in [5.74, 6) is -6.09. The fourth-order valence-corrected chi connectivity index (χ4v) is 9.34. The number of anilines is 2. The molecule has 1 N–H and O–H groups in total. The second kappa shape index (κ2) is 11.9. The number of phenolic OH excluding ortho intramolecular Hbond substituents is 1. The van der Waals surface area contributed by atoms with E-state index in [1.165, 1.54) is 24.1 Å². The number of carbonyl (C=O) groups excluding carboxylic acids is 4. The highest BCUT2D eigenvalue weighted by atomic mass is 35.5. The number of imide groups is 2. The molecule has 3 heterocycles. The van der Waals surface area contributed by atoms with Crippen molar-refractivity contribution in [1.29, 1.82) is 0 Å². The minimum atomic E-state index is -1.43. The van der Waals surface area contributed by atoms with Gasteiger partial charge in [-0.05, 0) is 86.3 Å². The average molecular weight is 732 g/mol. The number of carbonyl (C=O) groups is 4. The fraction of sp³-hybridized carbons (Fsp3) is 0.244. The number of aromatic hydroxyl groups is 1. The molecule has 266 valence electrons. The molecular formula is C41H31ClFN3O7. The van der Waals surface area contributed by atoms with Gasteiger partial charge in [-0.15, -0.1) is 0 Å². The third kappa shape index (κ3) is 4.66. The van der Waals surface area contributed by atoms with Crippen molar-refractivity contribution in [1.82, 2.24) is 4.98 Å². The first-order valence-corrected chi connectivity index (χ1v) is 17.6. The Morgan fingerprint density at radius 3 is 2.40 bits per heavy atom. The van der Waals surface area contributed by atoms with E-state index in [2.05, 4.69) is 4.98 Å². The summed E-state index contributed by atoms with van der Waals surface area (Å²) < 4.78 is 25.5. The van der Waals surface area contributed by atoms with Crippen LogP contribution in [0.1, 0.15) is 31.2 Å². The molecule has 53 heavy (non-hydrogen) atoms. The van der Waals surface area contributed by atoms with Gasteiger partial charge in [0.05, 0.1) is 46.7 Å². The SMILES string of the molecule is COc1cccc(C2C3=CCC4C(=O)N(c5ccc(-c6nc7ccccc7o6)cc5)C(=O)C4C3CC3C(=O)N(c4ccc(F)c(Cl)c4)C(=O)C32C)c1O. The Bertz CT molecular complexity index is 2410. The van der Waals surface area contributed by atoms with E-state index in [0.29, 0.717) is 39.4 Å². The van der Waals surface area contributed by atoms with Crippen LogP contribution < -0.4 is 14.5 Å². The first kappa shape index (κ1) is 33.1. The van der Waals surface area contributed by atoms with Crippen LogP contribution in [0.5, 0.6) is 11.5 Å². The van der Waals surface area contributed by atoms with Crippen molar-refractivity contribution in [2.24, 2.45) is 29.1 Å².